The average Bonchev–Trinajstić information content (AvgIpc) is 3.30. The molecule has 10 heteroatoms. The van der Waals surface area contributed by atoms with Crippen molar-refractivity contribution in [1.29, 1.82) is 0 Å². The van der Waals surface area contributed by atoms with Crippen molar-refractivity contribution in [2.24, 2.45) is 5.73 Å². The molecule has 0 aromatic carbocycles. The van der Waals surface area contributed by atoms with Crippen LogP contribution in [-0.2, 0) is 32.7 Å². The summed E-state index contributed by atoms with van der Waals surface area (Å²) in [4.78, 5) is 35.0. The highest BCUT2D eigenvalue weighted by Crippen LogP contribution is 2.43. The highest BCUT2D eigenvalue weighted by molar-refractivity contribution is 7.47. The van der Waals surface area contributed by atoms with Crippen molar-refractivity contribution >= 4 is 19.8 Å². The van der Waals surface area contributed by atoms with Crippen LogP contribution in [0.3, 0.4) is 0 Å². The van der Waals surface area contributed by atoms with Gasteiger partial charge in [-0.25, -0.2) is 4.57 Å². The van der Waals surface area contributed by atoms with E-state index in [0.717, 1.165) is 70.6 Å². The van der Waals surface area contributed by atoms with Crippen molar-refractivity contribution in [2.75, 3.05) is 26.4 Å². The molecule has 0 aromatic heterocycles. The van der Waals surface area contributed by atoms with Gasteiger partial charge in [-0.2, -0.15) is 0 Å². The van der Waals surface area contributed by atoms with Gasteiger partial charge in [0.15, 0.2) is 6.10 Å². The molecule has 0 heterocycles. The van der Waals surface area contributed by atoms with Gasteiger partial charge in [-0.15, -0.1) is 0 Å². The van der Waals surface area contributed by atoms with E-state index in [1.165, 1.54) is 167 Å². The lowest BCUT2D eigenvalue weighted by atomic mass is 10.0. The SMILES string of the molecule is CC/C=C\C/C=C\C/C=C\CCCCCCCC(=O)OC(COC(=O)CCCCCCCCCCCCCCCCCCCCCCCCCCCCCCC)COP(=O)(O)OCCN. The number of rotatable bonds is 52. The molecule has 0 aliphatic heterocycles. The lowest BCUT2D eigenvalue weighted by Gasteiger charge is -2.19. The van der Waals surface area contributed by atoms with Gasteiger partial charge in [0, 0.05) is 19.4 Å². The van der Waals surface area contributed by atoms with Crippen LogP contribution in [0.2, 0.25) is 0 Å². The van der Waals surface area contributed by atoms with Crippen LogP contribution >= 0.6 is 7.82 Å². The molecule has 0 saturated carbocycles. The van der Waals surface area contributed by atoms with E-state index in [2.05, 4.69) is 50.3 Å². The Balaban J connectivity index is 3.88. The Labute approximate surface area is 401 Å². The Kier molecular flexibility index (Phi) is 50.2. The Morgan fingerprint density at radius 3 is 1.26 bits per heavy atom. The van der Waals surface area contributed by atoms with Crippen LogP contribution in [0.25, 0.3) is 0 Å². The third kappa shape index (κ3) is 51.5. The normalized spacial score (nSPS) is 13.4. The van der Waals surface area contributed by atoms with Crippen LogP contribution in [0.4, 0.5) is 0 Å². The Morgan fingerprint density at radius 2 is 0.846 bits per heavy atom. The van der Waals surface area contributed by atoms with Crippen molar-refractivity contribution < 1.29 is 37.6 Å². The van der Waals surface area contributed by atoms with Gasteiger partial charge in [0.2, 0.25) is 0 Å². The van der Waals surface area contributed by atoms with E-state index in [0.29, 0.717) is 6.42 Å². The molecular formula is C55H104NO8P. The van der Waals surface area contributed by atoms with Gasteiger partial charge in [-0.3, -0.25) is 18.6 Å². The molecule has 0 aromatic rings. The number of hydrogen-bond donors (Lipinski definition) is 2. The van der Waals surface area contributed by atoms with Crippen molar-refractivity contribution in [2.45, 2.75) is 277 Å². The zero-order valence-corrected chi connectivity index (χ0v) is 43.4. The number of carbonyl (C=O) groups excluding carboxylic acids is 2. The molecular weight excluding hydrogens is 834 g/mol. The van der Waals surface area contributed by atoms with Gasteiger partial charge in [0.05, 0.1) is 13.2 Å². The number of hydrogen-bond acceptors (Lipinski definition) is 8. The van der Waals surface area contributed by atoms with Gasteiger partial charge >= 0.3 is 19.8 Å². The highest BCUT2D eigenvalue weighted by Gasteiger charge is 2.26. The maximum Gasteiger partial charge on any atom is 0.472 e. The van der Waals surface area contributed by atoms with E-state index in [1.807, 2.05) is 0 Å². The molecule has 0 bridgehead atoms. The van der Waals surface area contributed by atoms with E-state index in [1.54, 1.807) is 0 Å². The fourth-order valence-corrected chi connectivity index (χ4v) is 8.77. The monoisotopic (exact) mass is 938 g/mol. The van der Waals surface area contributed by atoms with Crippen molar-refractivity contribution in [1.82, 2.24) is 0 Å². The summed E-state index contributed by atoms with van der Waals surface area (Å²) >= 11 is 0. The van der Waals surface area contributed by atoms with Crippen LogP contribution in [-0.4, -0.2) is 49.3 Å². The third-order valence-corrected chi connectivity index (χ3v) is 13.0. The number of esters is 2. The molecule has 0 fully saturated rings. The number of unbranched alkanes of at least 4 members (excludes halogenated alkanes) is 33. The second-order valence-corrected chi connectivity index (χ2v) is 19.9. The van der Waals surface area contributed by atoms with Gasteiger partial charge in [0.1, 0.15) is 6.61 Å². The molecule has 65 heavy (non-hydrogen) atoms. The summed E-state index contributed by atoms with van der Waals surface area (Å²) < 4.78 is 32.9. The standard InChI is InChI=1S/C55H104NO8P/c1-3-5-7-9-11-13-15-17-19-20-21-22-23-24-25-26-27-28-29-30-31-32-34-35-37-39-41-43-45-47-54(57)61-51-53(52-63-65(59,60)62-50-49-56)64-55(58)48-46-44-42-40-38-36-33-18-16-14-12-10-8-6-4-2/h6,8,12,14,18,33,53H,3-5,7,9-11,13,15-17,19-32,34-52,56H2,1-2H3,(H,59,60)/b8-6-,14-12-,33-18-. The number of allylic oxidation sites excluding steroid dienone is 6. The highest BCUT2D eigenvalue weighted by atomic mass is 31.2. The minimum atomic E-state index is -4.39. The number of carbonyl (C=O) groups is 2. The molecule has 0 radical (unpaired) electrons. The predicted molar refractivity (Wildman–Crippen MR) is 275 cm³/mol. The number of phosphoric acid groups is 1. The first-order valence-corrected chi connectivity index (χ1v) is 29.0. The van der Waals surface area contributed by atoms with Gasteiger partial charge in [-0.05, 0) is 44.9 Å². The molecule has 382 valence electrons. The summed E-state index contributed by atoms with van der Waals surface area (Å²) in [6.45, 7) is 3.64. The molecule has 2 unspecified atom stereocenters. The zero-order valence-electron chi connectivity index (χ0n) is 42.5. The smallest absolute Gasteiger partial charge is 0.462 e. The first-order chi connectivity index (χ1) is 31.8. The maximum atomic E-state index is 12.6. The number of phosphoric ester groups is 1. The largest absolute Gasteiger partial charge is 0.472 e. The molecule has 0 amide bonds. The summed E-state index contributed by atoms with van der Waals surface area (Å²) in [6.07, 6.45) is 60.7. The minimum Gasteiger partial charge on any atom is -0.462 e. The first kappa shape index (κ1) is 63.2. The van der Waals surface area contributed by atoms with Crippen LogP contribution in [0.15, 0.2) is 36.5 Å². The molecule has 0 aliphatic rings. The van der Waals surface area contributed by atoms with Crippen LogP contribution in [0.1, 0.15) is 271 Å². The molecule has 0 rings (SSSR count). The molecule has 2 atom stereocenters. The summed E-state index contributed by atoms with van der Waals surface area (Å²) in [5, 5.41) is 0. The summed E-state index contributed by atoms with van der Waals surface area (Å²) in [5.41, 5.74) is 5.37. The lowest BCUT2D eigenvalue weighted by molar-refractivity contribution is -0.161. The van der Waals surface area contributed by atoms with Crippen LogP contribution < -0.4 is 5.73 Å². The van der Waals surface area contributed by atoms with Gasteiger partial charge in [-0.1, -0.05) is 249 Å². The van der Waals surface area contributed by atoms with E-state index in [9.17, 15) is 19.0 Å². The van der Waals surface area contributed by atoms with E-state index < -0.39 is 26.5 Å². The Morgan fingerprint density at radius 1 is 0.477 bits per heavy atom. The zero-order chi connectivity index (χ0) is 47.4. The van der Waals surface area contributed by atoms with Gasteiger partial charge < -0.3 is 20.1 Å². The third-order valence-electron chi connectivity index (χ3n) is 12.0. The predicted octanol–water partition coefficient (Wildman–Crippen LogP) is 16.8. The number of nitrogens with two attached hydrogens (primary N) is 1. The molecule has 0 saturated heterocycles. The maximum absolute atomic E-state index is 12.6. The van der Waals surface area contributed by atoms with E-state index in [-0.39, 0.29) is 38.6 Å². The number of ether oxygens (including phenoxy) is 2. The topological polar surface area (TPSA) is 134 Å². The molecule has 0 aliphatic carbocycles. The van der Waals surface area contributed by atoms with Crippen molar-refractivity contribution in [3.05, 3.63) is 36.5 Å². The minimum absolute atomic E-state index is 0.0510. The molecule has 0 spiro atoms. The molecule has 3 N–H and O–H groups in total. The summed E-state index contributed by atoms with van der Waals surface area (Å²) in [7, 11) is -4.39. The van der Waals surface area contributed by atoms with Crippen molar-refractivity contribution in [3.63, 3.8) is 0 Å². The molecule has 9 nitrogen and oxygen atoms in total. The Bertz CT molecular complexity index is 1160. The Hall–Kier alpha value is -1.77. The quantitative estimate of drug-likeness (QED) is 0.0264. The second-order valence-electron chi connectivity index (χ2n) is 18.4. The fourth-order valence-electron chi connectivity index (χ4n) is 8.01. The summed E-state index contributed by atoms with van der Waals surface area (Å²) in [6, 6.07) is 0. The van der Waals surface area contributed by atoms with Crippen LogP contribution in [0, 0.1) is 0 Å². The first-order valence-electron chi connectivity index (χ1n) is 27.5. The lowest BCUT2D eigenvalue weighted by Crippen LogP contribution is -2.29. The van der Waals surface area contributed by atoms with E-state index in [4.69, 9.17) is 24.3 Å². The summed E-state index contributed by atoms with van der Waals surface area (Å²) in [5.74, 6) is -0.837. The second kappa shape index (κ2) is 51.6. The van der Waals surface area contributed by atoms with Gasteiger partial charge in [0.25, 0.3) is 0 Å². The van der Waals surface area contributed by atoms with Crippen molar-refractivity contribution in [3.8, 4) is 0 Å². The van der Waals surface area contributed by atoms with Crippen LogP contribution in [0.5, 0.6) is 0 Å². The average molecular weight is 938 g/mol. The fraction of sp³-hybridized carbons (Fsp3) is 0.855. The van der Waals surface area contributed by atoms with E-state index >= 15 is 0 Å².